The van der Waals surface area contributed by atoms with Gasteiger partial charge in [-0.2, -0.15) is 0 Å². The number of nitrogens with zero attached hydrogens (tertiary/aromatic N) is 2. The maximum atomic E-state index is 12.8. The van der Waals surface area contributed by atoms with Crippen LogP contribution in [0.4, 0.5) is 10.5 Å². The second-order valence-electron chi connectivity index (χ2n) is 11.6. The van der Waals surface area contributed by atoms with Crippen molar-refractivity contribution in [3.8, 4) is 0 Å². The first kappa shape index (κ1) is 26.7. The number of nitrogens with one attached hydrogen (secondary N) is 2. The molecule has 0 radical (unpaired) electrons. The van der Waals surface area contributed by atoms with Gasteiger partial charge in [-0.25, -0.2) is 4.79 Å². The first-order valence-corrected chi connectivity index (χ1v) is 13.7. The van der Waals surface area contributed by atoms with Crippen LogP contribution in [-0.4, -0.2) is 53.0 Å². The van der Waals surface area contributed by atoms with Crippen LogP contribution in [0.3, 0.4) is 0 Å². The number of benzene rings is 2. The van der Waals surface area contributed by atoms with Gasteiger partial charge >= 0.3 is 6.09 Å². The molecule has 2 aromatic carbocycles. The fourth-order valence-electron chi connectivity index (χ4n) is 5.19. The van der Waals surface area contributed by atoms with Crippen LogP contribution in [0.15, 0.2) is 60.9 Å². The predicted octanol–water partition coefficient (Wildman–Crippen LogP) is 5.35. The summed E-state index contributed by atoms with van der Waals surface area (Å²) in [5, 5.41) is 8.13. The van der Waals surface area contributed by atoms with E-state index in [0.717, 1.165) is 41.3 Å². The van der Waals surface area contributed by atoms with Gasteiger partial charge in [-0.15, -0.1) is 0 Å². The summed E-state index contributed by atoms with van der Waals surface area (Å²) in [6.07, 6.45) is 5.90. The number of hydrogen-bond donors (Lipinski definition) is 2. The van der Waals surface area contributed by atoms with E-state index in [4.69, 9.17) is 4.74 Å². The van der Waals surface area contributed by atoms with Crippen LogP contribution in [0.1, 0.15) is 61.9 Å². The Balaban J connectivity index is 1.09. The van der Waals surface area contributed by atoms with E-state index >= 15 is 0 Å². The molecular weight excluding hydrogens is 492 g/mol. The summed E-state index contributed by atoms with van der Waals surface area (Å²) in [7, 11) is 0. The van der Waals surface area contributed by atoms with E-state index in [2.05, 4.69) is 15.6 Å². The van der Waals surface area contributed by atoms with E-state index in [1.54, 1.807) is 17.3 Å². The smallest absolute Gasteiger partial charge is 0.410 e. The van der Waals surface area contributed by atoms with Crippen molar-refractivity contribution in [1.29, 1.82) is 0 Å². The highest BCUT2D eigenvalue weighted by Crippen LogP contribution is 2.48. The van der Waals surface area contributed by atoms with Gasteiger partial charge in [0.05, 0.1) is 0 Å². The zero-order chi connectivity index (χ0) is 27.6. The topological polar surface area (TPSA) is 101 Å². The van der Waals surface area contributed by atoms with Crippen molar-refractivity contribution in [3.05, 3.63) is 72.1 Å². The SMILES string of the molecule is CC(C)(C)OC(=O)N1CCCC(CNC(=O)c2ccc(C3CC3C(=O)Nc3ccc4cnccc4c3)cc2)C1. The third-order valence-corrected chi connectivity index (χ3v) is 7.36. The Morgan fingerprint density at radius 3 is 2.62 bits per heavy atom. The van der Waals surface area contributed by atoms with Gasteiger partial charge < -0.3 is 20.3 Å². The zero-order valence-electron chi connectivity index (χ0n) is 22.8. The molecule has 1 saturated carbocycles. The molecule has 3 atom stereocenters. The van der Waals surface area contributed by atoms with Gasteiger partial charge in [-0.1, -0.05) is 18.2 Å². The lowest BCUT2D eigenvalue weighted by atomic mass is 9.98. The van der Waals surface area contributed by atoms with E-state index in [0.29, 0.717) is 25.2 Å². The number of amides is 3. The highest BCUT2D eigenvalue weighted by Gasteiger charge is 2.44. The predicted molar refractivity (Wildman–Crippen MR) is 151 cm³/mol. The van der Waals surface area contributed by atoms with Gasteiger partial charge in [0.2, 0.25) is 5.91 Å². The number of anilines is 1. The van der Waals surface area contributed by atoms with Gasteiger partial charge in [0.15, 0.2) is 0 Å². The number of ether oxygens (including phenoxy) is 1. The summed E-state index contributed by atoms with van der Waals surface area (Å²) >= 11 is 0. The Labute approximate surface area is 229 Å². The second kappa shape index (κ2) is 11.0. The first-order chi connectivity index (χ1) is 18.7. The van der Waals surface area contributed by atoms with E-state index in [1.165, 1.54) is 0 Å². The Bertz CT molecular complexity index is 1370. The summed E-state index contributed by atoms with van der Waals surface area (Å²) in [6, 6.07) is 15.3. The summed E-state index contributed by atoms with van der Waals surface area (Å²) in [5.74, 6) is 0.167. The molecular formula is C31H36N4O4. The second-order valence-corrected chi connectivity index (χ2v) is 11.6. The average molecular weight is 529 g/mol. The zero-order valence-corrected chi connectivity index (χ0v) is 22.8. The number of rotatable bonds is 6. The molecule has 5 rings (SSSR count). The third-order valence-electron chi connectivity index (χ3n) is 7.36. The molecule has 3 amide bonds. The van der Waals surface area contributed by atoms with Gasteiger partial charge in [0, 0.05) is 54.6 Å². The van der Waals surface area contributed by atoms with E-state index < -0.39 is 5.60 Å². The molecule has 1 aromatic heterocycles. The number of pyridine rings is 1. The minimum absolute atomic E-state index is 0.0168. The monoisotopic (exact) mass is 528 g/mol. The van der Waals surface area contributed by atoms with E-state index in [9.17, 15) is 14.4 Å². The standard InChI is InChI=1S/C31H36N4O4/c1-31(2,3)39-30(38)35-14-4-5-20(19-35)17-33-28(36)22-8-6-21(7-9-22)26-16-27(26)29(37)34-25-11-10-24-18-32-13-12-23(24)15-25/h6-13,15,18,20,26-27H,4-5,14,16-17,19H2,1-3H3,(H,33,36)(H,34,37). The Morgan fingerprint density at radius 2 is 1.85 bits per heavy atom. The van der Waals surface area contributed by atoms with Crippen LogP contribution in [0.2, 0.25) is 0 Å². The van der Waals surface area contributed by atoms with Crippen LogP contribution >= 0.6 is 0 Å². The number of likely N-dealkylation sites (tertiary alicyclic amines) is 1. The van der Waals surface area contributed by atoms with Crippen molar-refractivity contribution < 1.29 is 19.1 Å². The van der Waals surface area contributed by atoms with Crippen LogP contribution in [-0.2, 0) is 9.53 Å². The fraction of sp³-hybridized carbons (Fsp3) is 0.419. The Morgan fingerprint density at radius 1 is 1.05 bits per heavy atom. The Hall–Kier alpha value is -3.94. The van der Waals surface area contributed by atoms with Crippen LogP contribution < -0.4 is 10.6 Å². The molecule has 3 unspecified atom stereocenters. The molecule has 8 nitrogen and oxygen atoms in total. The van der Waals surface area contributed by atoms with Crippen LogP contribution in [0.25, 0.3) is 10.8 Å². The fourth-order valence-corrected chi connectivity index (χ4v) is 5.19. The van der Waals surface area contributed by atoms with E-state index in [1.807, 2.05) is 69.3 Å². The number of fused-ring (bicyclic) bond motifs is 1. The van der Waals surface area contributed by atoms with Gasteiger partial charge in [-0.05, 0) is 93.2 Å². The van der Waals surface area contributed by atoms with Crippen molar-refractivity contribution in [1.82, 2.24) is 15.2 Å². The number of carbonyl (C=O) groups excluding carboxylic acids is 3. The minimum atomic E-state index is -0.524. The molecule has 0 bridgehead atoms. The number of carbonyl (C=O) groups is 3. The first-order valence-electron chi connectivity index (χ1n) is 13.7. The van der Waals surface area contributed by atoms with Crippen LogP contribution in [0.5, 0.6) is 0 Å². The van der Waals surface area contributed by atoms with Gasteiger partial charge in [0.25, 0.3) is 5.91 Å². The lowest BCUT2D eigenvalue weighted by Crippen LogP contribution is -2.45. The average Bonchev–Trinajstić information content (AvgIpc) is 3.72. The number of piperidine rings is 1. The molecule has 204 valence electrons. The lowest BCUT2D eigenvalue weighted by molar-refractivity contribution is -0.117. The molecule has 3 aromatic rings. The van der Waals surface area contributed by atoms with Gasteiger partial charge in [0.1, 0.15) is 5.60 Å². The summed E-state index contributed by atoms with van der Waals surface area (Å²) < 4.78 is 5.50. The highest BCUT2D eigenvalue weighted by atomic mass is 16.6. The van der Waals surface area contributed by atoms with Crippen molar-refractivity contribution in [2.24, 2.45) is 11.8 Å². The molecule has 1 aliphatic carbocycles. The van der Waals surface area contributed by atoms with Crippen molar-refractivity contribution in [2.75, 3.05) is 25.0 Å². The molecule has 2 heterocycles. The molecule has 1 saturated heterocycles. The largest absolute Gasteiger partial charge is 0.444 e. The minimum Gasteiger partial charge on any atom is -0.444 e. The summed E-state index contributed by atoms with van der Waals surface area (Å²) in [6.45, 7) is 7.36. The molecule has 2 N–H and O–H groups in total. The van der Waals surface area contributed by atoms with Crippen molar-refractivity contribution >= 4 is 34.4 Å². The molecule has 1 aliphatic heterocycles. The van der Waals surface area contributed by atoms with Crippen LogP contribution in [0, 0.1) is 11.8 Å². The lowest BCUT2D eigenvalue weighted by Gasteiger charge is -2.34. The molecule has 39 heavy (non-hydrogen) atoms. The maximum absolute atomic E-state index is 12.8. The molecule has 2 fully saturated rings. The highest BCUT2D eigenvalue weighted by molar-refractivity contribution is 5.97. The van der Waals surface area contributed by atoms with Crippen molar-refractivity contribution in [3.63, 3.8) is 0 Å². The van der Waals surface area contributed by atoms with E-state index in [-0.39, 0.29) is 35.7 Å². The summed E-state index contributed by atoms with van der Waals surface area (Å²) in [4.78, 5) is 43.9. The van der Waals surface area contributed by atoms with Gasteiger partial charge in [-0.3, -0.25) is 14.6 Å². The number of aromatic nitrogens is 1. The normalized spacial score (nSPS) is 20.8. The summed E-state index contributed by atoms with van der Waals surface area (Å²) in [5.41, 5.74) is 1.91. The third kappa shape index (κ3) is 6.74. The quantitative estimate of drug-likeness (QED) is 0.449. The number of hydrogen-bond acceptors (Lipinski definition) is 5. The molecule has 0 spiro atoms. The molecule has 8 heteroatoms. The Kier molecular flexibility index (Phi) is 7.55. The van der Waals surface area contributed by atoms with Crippen molar-refractivity contribution in [2.45, 2.75) is 51.6 Å². The molecule has 2 aliphatic rings. The maximum Gasteiger partial charge on any atom is 0.410 e.